The number of hydrogen-bond donors (Lipinski definition) is 3. The Morgan fingerprint density at radius 1 is 1.06 bits per heavy atom. The fraction of sp³-hybridized carbons (Fsp3) is 0.556. The molecular weight excluding hydrogens is 596 g/mol. The number of benzene rings is 2. The van der Waals surface area contributed by atoms with Gasteiger partial charge >= 0.3 is 0 Å². The quantitative estimate of drug-likeness (QED) is 0.359. The van der Waals surface area contributed by atoms with Crippen LogP contribution < -0.4 is 20.9 Å². The zero-order chi connectivity index (χ0) is 33.1. The number of carbonyl (C=O) groups excluding carboxylic acids is 3. The number of rotatable bonds is 10. The molecule has 2 aromatic rings. The van der Waals surface area contributed by atoms with Gasteiger partial charge in [-0.3, -0.25) is 14.4 Å². The van der Waals surface area contributed by atoms with Gasteiger partial charge in [-0.15, -0.1) is 0 Å². The summed E-state index contributed by atoms with van der Waals surface area (Å²) in [7, 11) is 1.74. The lowest BCUT2D eigenvalue weighted by atomic mass is 9.89. The predicted molar refractivity (Wildman–Crippen MR) is 177 cm³/mol. The van der Waals surface area contributed by atoms with Crippen molar-refractivity contribution in [2.75, 3.05) is 44.9 Å². The summed E-state index contributed by atoms with van der Waals surface area (Å²) in [6.07, 6.45) is 3.02. The molecule has 4 aliphatic rings. The van der Waals surface area contributed by atoms with E-state index in [-0.39, 0.29) is 41.8 Å². The first-order valence-corrected chi connectivity index (χ1v) is 17.0. The molecule has 3 aliphatic heterocycles. The number of nitriles is 1. The smallest absolute Gasteiger partial charge is 0.246 e. The van der Waals surface area contributed by atoms with Crippen LogP contribution in [0.25, 0.3) is 0 Å². The number of fused-ring (bicyclic) bond motifs is 4. The Morgan fingerprint density at radius 3 is 2.57 bits per heavy atom. The first kappa shape index (κ1) is 32.9. The number of carbonyl (C=O) groups is 3. The van der Waals surface area contributed by atoms with Crippen LogP contribution in [0.15, 0.2) is 42.5 Å². The average molecular weight is 643 g/mol. The van der Waals surface area contributed by atoms with E-state index in [2.05, 4.69) is 33.0 Å². The Bertz CT molecular complexity index is 1520. The number of likely N-dealkylation sites (N-methyl/N-ethyl adjacent to an activating group) is 1. The van der Waals surface area contributed by atoms with Crippen molar-refractivity contribution in [1.82, 2.24) is 20.9 Å². The maximum absolute atomic E-state index is 14.8. The fourth-order valence-corrected chi connectivity index (χ4v) is 7.91. The van der Waals surface area contributed by atoms with Gasteiger partial charge in [-0.2, -0.15) is 5.26 Å². The fourth-order valence-electron chi connectivity index (χ4n) is 7.91. The summed E-state index contributed by atoms with van der Waals surface area (Å²) in [4.78, 5) is 46.6. The molecule has 0 bridgehead atoms. The molecule has 3 N–H and O–H groups in total. The molecule has 1 aliphatic carbocycles. The van der Waals surface area contributed by atoms with Gasteiger partial charge < -0.3 is 35.2 Å². The van der Waals surface area contributed by atoms with Gasteiger partial charge in [-0.25, -0.2) is 0 Å². The van der Waals surface area contributed by atoms with Crippen molar-refractivity contribution in [3.8, 4) is 6.07 Å². The highest BCUT2D eigenvalue weighted by Gasteiger charge is 2.47. The molecule has 0 spiro atoms. The van der Waals surface area contributed by atoms with Gasteiger partial charge in [0.1, 0.15) is 12.1 Å². The normalized spacial score (nSPS) is 24.8. The summed E-state index contributed by atoms with van der Waals surface area (Å²) >= 11 is 0. The summed E-state index contributed by atoms with van der Waals surface area (Å²) in [5.74, 6) is -0.819. The Balaban J connectivity index is 1.33. The number of hydrogen-bond acceptors (Lipinski definition) is 8. The molecule has 0 unspecified atom stereocenters. The number of nitrogens with one attached hydrogen (secondary N) is 3. The molecule has 0 radical (unpaired) electrons. The topological polar surface area (TPSA) is 136 Å². The predicted octanol–water partition coefficient (Wildman–Crippen LogP) is 2.23. The number of piperazine rings is 1. The molecule has 0 aromatic heterocycles. The third-order valence-corrected chi connectivity index (χ3v) is 10.4. The molecule has 11 nitrogen and oxygen atoms in total. The van der Waals surface area contributed by atoms with Crippen molar-refractivity contribution in [2.24, 2.45) is 5.92 Å². The van der Waals surface area contributed by atoms with E-state index in [4.69, 9.17) is 9.47 Å². The molecule has 2 fully saturated rings. The van der Waals surface area contributed by atoms with Crippen molar-refractivity contribution in [3.63, 3.8) is 0 Å². The van der Waals surface area contributed by atoms with E-state index >= 15 is 0 Å². The molecule has 47 heavy (non-hydrogen) atoms. The molecule has 3 amide bonds. The summed E-state index contributed by atoms with van der Waals surface area (Å²) in [6, 6.07) is 13.5. The monoisotopic (exact) mass is 642 g/mol. The largest absolute Gasteiger partial charge is 0.381 e. The zero-order valence-corrected chi connectivity index (χ0v) is 27.5. The second kappa shape index (κ2) is 14.4. The lowest BCUT2D eigenvalue weighted by Gasteiger charge is -2.46. The average Bonchev–Trinajstić information content (AvgIpc) is 3.63. The van der Waals surface area contributed by atoms with Gasteiger partial charge in [-0.1, -0.05) is 31.2 Å². The minimum atomic E-state index is -0.805. The molecule has 6 rings (SSSR count). The summed E-state index contributed by atoms with van der Waals surface area (Å²) < 4.78 is 11.7. The van der Waals surface area contributed by atoms with Crippen LogP contribution in [0.5, 0.6) is 0 Å². The highest BCUT2D eigenvalue weighted by atomic mass is 16.5. The SMILES string of the molecule is CCO[C@H]1Cc2ccccc2[C@@H]1NC(=O)[C@@H]1CN2c3ccc(C#N)cc3C[C@H]2CN1C(=O)[C@@H](NC(=O)[C@H](CC)NC)C1CCOCC1. The standard InChI is InChI=1S/C36H46N6O5/c1-4-28(38-3)34(43)39-32(23-12-14-46-15-13-23)36(45)42-20-26-17-25-16-22(19-37)10-11-29(25)41(26)21-30(42)35(44)40-33-27-9-7-6-8-24(27)18-31(33)47-5-2/h6-11,16,23,26,28,30-33,38H,4-5,12-15,17-18,20-21H2,1-3H3,(H,39,43)(H,40,44)/t26-,28-,30-,31-,32-,33-/m0/s1. The second-order valence-electron chi connectivity index (χ2n) is 13.0. The number of nitrogens with zero attached hydrogens (tertiary/aromatic N) is 3. The number of amides is 3. The van der Waals surface area contributed by atoms with Gasteiger partial charge in [0, 0.05) is 45.0 Å². The second-order valence-corrected chi connectivity index (χ2v) is 13.0. The minimum Gasteiger partial charge on any atom is -0.381 e. The van der Waals surface area contributed by atoms with E-state index in [9.17, 15) is 19.6 Å². The minimum absolute atomic E-state index is 0.0536. The molecular formula is C36H46N6O5. The van der Waals surface area contributed by atoms with E-state index in [1.807, 2.05) is 44.2 Å². The third kappa shape index (κ3) is 6.59. The summed E-state index contributed by atoms with van der Waals surface area (Å²) in [5, 5.41) is 19.0. The first-order chi connectivity index (χ1) is 22.9. The molecule has 3 heterocycles. The number of ether oxygens (including phenoxy) is 2. The van der Waals surface area contributed by atoms with Gasteiger partial charge in [0.25, 0.3) is 0 Å². The molecule has 11 heteroatoms. The molecule has 6 atom stereocenters. The highest BCUT2D eigenvalue weighted by molar-refractivity contribution is 5.94. The van der Waals surface area contributed by atoms with Crippen LogP contribution in [-0.2, 0) is 36.7 Å². The van der Waals surface area contributed by atoms with E-state index in [0.29, 0.717) is 70.6 Å². The first-order valence-electron chi connectivity index (χ1n) is 17.0. The molecule has 250 valence electrons. The Morgan fingerprint density at radius 2 is 1.85 bits per heavy atom. The van der Waals surface area contributed by atoms with Gasteiger partial charge in [0.2, 0.25) is 17.7 Å². The van der Waals surface area contributed by atoms with Crippen LogP contribution in [0, 0.1) is 17.2 Å². The van der Waals surface area contributed by atoms with Crippen molar-refractivity contribution in [1.29, 1.82) is 5.26 Å². The lowest BCUT2D eigenvalue weighted by molar-refractivity contribution is -0.147. The van der Waals surface area contributed by atoms with Crippen molar-refractivity contribution in [2.45, 2.75) is 82.3 Å². The van der Waals surface area contributed by atoms with Crippen molar-refractivity contribution in [3.05, 3.63) is 64.7 Å². The van der Waals surface area contributed by atoms with Crippen LogP contribution in [-0.4, -0.2) is 92.9 Å². The Labute approximate surface area is 276 Å². The van der Waals surface area contributed by atoms with E-state index in [0.717, 1.165) is 22.4 Å². The summed E-state index contributed by atoms with van der Waals surface area (Å²) in [6.45, 7) is 6.06. The van der Waals surface area contributed by atoms with Crippen LogP contribution in [0.4, 0.5) is 5.69 Å². The molecule has 0 saturated carbocycles. The van der Waals surface area contributed by atoms with Gasteiger partial charge in [-0.05, 0) is 80.5 Å². The molecule has 2 saturated heterocycles. The maximum Gasteiger partial charge on any atom is 0.246 e. The third-order valence-electron chi connectivity index (χ3n) is 10.4. The van der Waals surface area contributed by atoms with E-state index in [1.54, 1.807) is 18.0 Å². The van der Waals surface area contributed by atoms with Crippen LogP contribution >= 0.6 is 0 Å². The number of anilines is 1. The lowest BCUT2D eigenvalue weighted by Crippen LogP contribution is -2.67. The summed E-state index contributed by atoms with van der Waals surface area (Å²) in [5.41, 5.74) is 4.80. The van der Waals surface area contributed by atoms with Crippen molar-refractivity contribution >= 4 is 23.4 Å². The highest BCUT2D eigenvalue weighted by Crippen LogP contribution is 2.38. The molecule has 2 aromatic carbocycles. The van der Waals surface area contributed by atoms with Crippen LogP contribution in [0.3, 0.4) is 0 Å². The zero-order valence-electron chi connectivity index (χ0n) is 27.5. The Kier molecular flexibility index (Phi) is 10.1. The van der Waals surface area contributed by atoms with Crippen molar-refractivity contribution < 1.29 is 23.9 Å². The Hall–Kier alpha value is -3.98. The maximum atomic E-state index is 14.8. The van der Waals surface area contributed by atoms with Gasteiger partial charge in [0.15, 0.2) is 0 Å². The van der Waals surface area contributed by atoms with Crippen LogP contribution in [0.1, 0.15) is 61.4 Å². The van der Waals surface area contributed by atoms with Gasteiger partial charge in [0.05, 0.1) is 35.9 Å². The van der Waals surface area contributed by atoms with E-state index in [1.165, 1.54) is 0 Å². The van der Waals surface area contributed by atoms with Crippen LogP contribution in [0.2, 0.25) is 0 Å². The van der Waals surface area contributed by atoms with E-state index < -0.39 is 18.1 Å².